The summed E-state index contributed by atoms with van der Waals surface area (Å²) in [6.45, 7) is 6.83. The lowest BCUT2D eigenvalue weighted by molar-refractivity contribution is 0.802. The summed E-state index contributed by atoms with van der Waals surface area (Å²) in [5, 5.41) is 0.914. The number of rotatable bonds is 0. The molecule has 0 bridgehead atoms. The molecule has 0 aromatic heterocycles. The predicted molar refractivity (Wildman–Crippen MR) is 31.1 cm³/mol. The molecule has 0 aromatic carbocycles. The Morgan fingerprint density at radius 1 is 1.50 bits per heavy atom. The van der Waals surface area contributed by atoms with Crippen LogP contribution in [0.2, 0.25) is 0 Å². The maximum absolute atomic E-state index is 2.28. The SMILES string of the molecule is CC1SC1(C)C. The van der Waals surface area contributed by atoms with Gasteiger partial charge in [0.15, 0.2) is 0 Å². The van der Waals surface area contributed by atoms with Crippen LogP contribution in [-0.4, -0.2) is 10.00 Å². The van der Waals surface area contributed by atoms with E-state index in [1.807, 2.05) is 11.8 Å². The van der Waals surface area contributed by atoms with Gasteiger partial charge in [0, 0.05) is 10.00 Å². The van der Waals surface area contributed by atoms with Crippen molar-refractivity contribution < 1.29 is 0 Å². The van der Waals surface area contributed by atoms with E-state index in [1.54, 1.807) is 0 Å². The molecule has 6 heavy (non-hydrogen) atoms. The summed E-state index contributed by atoms with van der Waals surface area (Å²) in [6, 6.07) is 0. The van der Waals surface area contributed by atoms with Gasteiger partial charge in [-0.15, -0.1) is 0 Å². The first kappa shape index (κ1) is 4.51. The average Bonchev–Trinajstić information content (AvgIpc) is 1.73. The molecule has 0 aliphatic carbocycles. The van der Waals surface area contributed by atoms with E-state index in [0.717, 1.165) is 5.25 Å². The predicted octanol–water partition coefficient (Wildman–Crippen LogP) is 1.90. The maximum atomic E-state index is 2.28. The topological polar surface area (TPSA) is 0 Å². The Hall–Kier alpha value is 0.350. The van der Waals surface area contributed by atoms with Crippen LogP contribution in [-0.2, 0) is 0 Å². The van der Waals surface area contributed by atoms with Gasteiger partial charge in [-0.05, 0) is 13.8 Å². The fraction of sp³-hybridized carbons (Fsp3) is 1.00. The Morgan fingerprint density at radius 3 is 1.67 bits per heavy atom. The molecule has 1 heterocycles. The van der Waals surface area contributed by atoms with E-state index in [9.17, 15) is 0 Å². The van der Waals surface area contributed by atoms with Crippen molar-refractivity contribution in [1.82, 2.24) is 0 Å². The highest BCUT2D eigenvalue weighted by Gasteiger charge is 2.42. The molecule has 1 atom stereocenters. The van der Waals surface area contributed by atoms with Gasteiger partial charge in [0.2, 0.25) is 0 Å². The molecule has 0 nitrogen and oxygen atoms in total. The lowest BCUT2D eigenvalue weighted by atomic mass is 10.2. The minimum atomic E-state index is 0.625. The summed E-state index contributed by atoms with van der Waals surface area (Å²) in [7, 11) is 0. The molecule has 0 spiro atoms. The van der Waals surface area contributed by atoms with Crippen LogP contribution in [0, 0.1) is 0 Å². The molecule has 36 valence electrons. The molecule has 1 heteroatoms. The minimum absolute atomic E-state index is 0.625. The zero-order valence-electron chi connectivity index (χ0n) is 4.49. The van der Waals surface area contributed by atoms with Gasteiger partial charge in [0.1, 0.15) is 0 Å². The molecular weight excluding hydrogens is 92.1 g/mol. The normalized spacial score (nSPS) is 39.5. The van der Waals surface area contributed by atoms with E-state index in [0.29, 0.717) is 4.75 Å². The Balaban J connectivity index is 2.41. The lowest BCUT2D eigenvalue weighted by Gasteiger charge is -1.88. The second-order valence-electron chi connectivity index (χ2n) is 2.36. The van der Waals surface area contributed by atoms with Crippen LogP contribution in [0.25, 0.3) is 0 Å². The van der Waals surface area contributed by atoms with Crippen LogP contribution in [0.15, 0.2) is 0 Å². The Morgan fingerprint density at radius 2 is 1.67 bits per heavy atom. The van der Waals surface area contributed by atoms with E-state index in [-0.39, 0.29) is 0 Å². The molecule has 0 radical (unpaired) electrons. The van der Waals surface area contributed by atoms with E-state index in [2.05, 4.69) is 20.8 Å². The smallest absolute Gasteiger partial charge is 0.0223 e. The molecular formula is C5H10S. The Labute approximate surface area is 43.3 Å². The van der Waals surface area contributed by atoms with Crippen LogP contribution in [0.5, 0.6) is 0 Å². The highest BCUT2D eigenvalue weighted by molar-refractivity contribution is 8.08. The van der Waals surface area contributed by atoms with Gasteiger partial charge in [-0.2, -0.15) is 11.8 Å². The summed E-state index contributed by atoms with van der Waals surface area (Å²) < 4.78 is 0.625. The molecule has 1 aliphatic heterocycles. The molecule has 1 rings (SSSR count). The maximum Gasteiger partial charge on any atom is 0.0223 e. The molecule has 1 fully saturated rings. The second-order valence-corrected chi connectivity index (χ2v) is 4.36. The van der Waals surface area contributed by atoms with Crippen molar-refractivity contribution in [2.24, 2.45) is 0 Å². The quantitative estimate of drug-likeness (QED) is 0.421. The molecule has 0 saturated carbocycles. The van der Waals surface area contributed by atoms with Gasteiger partial charge in [-0.25, -0.2) is 0 Å². The van der Waals surface area contributed by atoms with Gasteiger partial charge in [0.05, 0.1) is 0 Å². The second kappa shape index (κ2) is 0.945. The van der Waals surface area contributed by atoms with Crippen molar-refractivity contribution >= 4 is 11.8 Å². The summed E-state index contributed by atoms with van der Waals surface area (Å²) in [6.07, 6.45) is 0. The van der Waals surface area contributed by atoms with Crippen LogP contribution >= 0.6 is 11.8 Å². The number of hydrogen-bond donors (Lipinski definition) is 0. The number of thioether (sulfide) groups is 1. The first-order valence-electron chi connectivity index (χ1n) is 2.31. The average molecular weight is 102 g/mol. The van der Waals surface area contributed by atoms with Gasteiger partial charge in [0.25, 0.3) is 0 Å². The molecule has 0 amide bonds. The Bertz CT molecular complexity index is 66.3. The fourth-order valence-corrected chi connectivity index (χ4v) is 1.26. The zero-order valence-corrected chi connectivity index (χ0v) is 5.30. The molecule has 0 aromatic rings. The third kappa shape index (κ3) is 0.558. The molecule has 1 aliphatic rings. The summed E-state index contributed by atoms with van der Waals surface area (Å²) >= 11 is 2.05. The van der Waals surface area contributed by atoms with Crippen LogP contribution in [0.1, 0.15) is 20.8 Å². The molecule has 0 N–H and O–H groups in total. The van der Waals surface area contributed by atoms with Crippen molar-refractivity contribution in [3.05, 3.63) is 0 Å². The van der Waals surface area contributed by atoms with Crippen LogP contribution in [0.3, 0.4) is 0 Å². The monoisotopic (exact) mass is 102 g/mol. The Kier molecular flexibility index (Phi) is 0.710. The largest absolute Gasteiger partial charge is 0.150 e. The minimum Gasteiger partial charge on any atom is -0.150 e. The van der Waals surface area contributed by atoms with Gasteiger partial charge in [-0.1, -0.05) is 6.92 Å². The third-order valence-electron chi connectivity index (χ3n) is 1.40. The zero-order chi connectivity index (χ0) is 4.78. The van der Waals surface area contributed by atoms with Gasteiger partial charge in [-0.3, -0.25) is 0 Å². The standard InChI is InChI=1S/C5H10S/c1-4-5(2,3)6-4/h4H,1-3H3. The first-order valence-corrected chi connectivity index (χ1v) is 3.19. The van der Waals surface area contributed by atoms with E-state index in [1.165, 1.54) is 0 Å². The fourth-order valence-electron chi connectivity index (χ4n) is 0.422. The van der Waals surface area contributed by atoms with Crippen LogP contribution < -0.4 is 0 Å². The molecule has 1 unspecified atom stereocenters. The lowest BCUT2D eigenvalue weighted by Crippen LogP contribution is -1.96. The first-order chi connectivity index (χ1) is 2.63. The van der Waals surface area contributed by atoms with Crippen molar-refractivity contribution in [3.63, 3.8) is 0 Å². The van der Waals surface area contributed by atoms with Crippen molar-refractivity contribution in [2.45, 2.75) is 30.8 Å². The molecule has 1 saturated heterocycles. The highest BCUT2D eigenvalue weighted by Crippen LogP contribution is 2.52. The number of hydrogen-bond acceptors (Lipinski definition) is 1. The van der Waals surface area contributed by atoms with Crippen molar-refractivity contribution in [1.29, 1.82) is 0 Å². The van der Waals surface area contributed by atoms with Gasteiger partial charge >= 0.3 is 0 Å². The van der Waals surface area contributed by atoms with E-state index in [4.69, 9.17) is 0 Å². The van der Waals surface area contributed by atoms with Gasteiger partial charge < -0.3 is 0 Å². The van der Waals surface area contributed by atoms with Crippen molar-refractivity contribution in [3.8, 4) is 0 Å². The summed E-state index contributed by atoms with van der Waals surface area (Å²) in [5.74, 6) is 0. The highest BCUT2D eigenvalue weighted by atomic mass is 32.2. The third-order valence-corrected chi connectivity index (χ3v) is 3.05. The summed E-state index contributed by atoms with van der Waals surface area (Å²) in [5.41, 5.74) is 0. The summed E-state index contributed by atoms with van der Waals surface area (Å²) in [4.78, 5) is 0. The van der Waals surface area contributed by atoms with E-state index >= 15 is 0 Å². The van der Waals surface area contributed by atoms with Crippen molar-refractivity contribution in [2.75, 3.05) is 0 Å². The van der Waals surface area contributed by atoms with Crippen LogP contribution in [0.4, 0.5) is 0 Å². The van der Waals surface area contributed by atoms with E-state index < -0.39 is 0 Å².